The van der Waals surface area contributed by atoms with Crippen molar-refractivity contribution in [2.75, 3.05) is 0 Å². The number of allylic oxidation sites excluding steroid dienone is 1. The van der Waals surface area contributed by atoms with Crippen molar-refractivity contribution >= 4 is 16.3 Å². The van der Waals surface area contributed by atoms with Crippen LogP contribution in [0, 0.1) is 6.92 Å². The van der Waals surface area contributed by atoms with Gasteiger partial charge in [0.05, 0.1) is 0 Å². The van der Waals surface area contributed by atoms with Crippen LogP contribution in [0.5, 0.6) is 0 Å². The summed E-state index contributed by atoms with van der Waals surface area (Å²) in [4.78, 5) is 0. The highest BCUT2D eigenvalue weighted by atomic mass is 14.1. The van der Waals surface area contributed by atoms with Crippen LogP contribution < -0.4 is 0 Å². The third kappa shape index (κ3) is 12.1. The maximum Gasteiger partial charge on any atom is -0.00258 e. The standard InChI is InChI=1S/C44H34.C7H8.2C2H6.CH4/c1-4-10-33(11-5-1)18-29-44(39-14-8-3-9-15-39)40-25-21-37(22-26-40)42-28-24-38-23-27-41(31-43(38)32-42)36-19-16-35(17-20-36)30-34-12-6-2-7-13-34;1-7-5-3-2-4-6-7;2*1-2;/h1-17,19-29,31-32H,18,30H2;2-6H,1H3;2*1-2H3;1H4/b44-29+;;;;. The summed E-state index contributed by atoms with van der Waals surface area (Å²) in [5, 5.41) is 2.51. The highest BCUT2D eigenvalue weighted by Gasteiger charge is 2.08. The SMILES string of the molecule is C.C(/Cc1ccccc1)=C(/c1ccccc1)c1ccc(-c2ccc3ccc(-c4ccc(Cc5ccccc5)cc4)cc3c2)cc1.CC.CC.Cc1ccccc1. The minimum absolute atomic E-state index is 0. The number of rotatable bonds is 8. The first-order valence-corrected chi connectivity index (χ1v) is 19.8. The van der Waals surface area contributed by atoms with Crippen LogP contribution in [0.25, 0.3) is 38.6 Å². The molecule has 0 spiro atoms. The van der Waals surface area contributed by atoms with E-state index in [1.54, 1.807) is 0 Å². The van der Waals surface area contributed by atoms with Crippen LogP contribution in [0.1, 0.15) is 68.5 Å². The fourth-order valence-electron chi connectivity index (χ4n) is 6.48. The molecule has 0 fully saturated rings. The lowest BCUT2D eigenvalue weighted by Crippen LogP contribution is -1.91. The first kappa shape index (κ1) is 42.5. The van der Waals surface area contributed by atoms with Crippen molar-refractivity contribution in [2.24, 2.45) is 0 Å². The molecular formula is C56H58. The van der Waals surface area contributed by atoms with E-state index in [1.807, 2.05) is 45.9 Å². The molecule has 0 aliphatic heterocycles. The number of benzene rings is 8. The summed E-state index contributed by atoms with van der Waals surface area (Å²) in [6.45, 7) is 10.1. The van der Waals surface area contributed by atoms with Crippen molar-refractivity contribution in [2.45, 2.75) is 54.9 Å². The van der Waals surface area contributed by atoms with Crippen LogP contribution >= 0.6 is 0 Å². The third-order valence-electron chi connectivity index (χ3n) is 9.32. The lowest BCUT2D eigenvalue weighted by molar-refractivity contribution is 1.19. The van der Waals surface area contributed by atoms with E-state index in [4.69, 9.17) is 0 Å². The van der Waals surface area contributed by atoms with Gasteiger partial charge >= 0.3 is 0 Å². The van der Waals surface area contributed by atoms with E-state index in [0.29, 0.717) is 0 Å². The molecule has 56 heavy (non-hydrogen) atoms. The highest BCUT2D eigenvalue weighted by molar-refractivity contribution is 5.91. The van der Waals surface area contributed by atoms with E-state index in [-0.39, 0.29) is 7.43 Å². The van der Waals surface area contributed by atoms with Gasteiger partial charge in [-0.15, -0.1) is 0 Å². The number of hydrogen-bond donors (Lipinski definition) is 0. The van der Waals surface area contributed by atoms with E-state index in [1.165, 1.54) is 72.0 Å². The summed E-state index contributed by atoms with van der Waals surface area (Å²) in [6, 6.07) is 73.9. The van der Waals surface area contributed by atoms with Gasteiger partial charge in [-0.05, 0) is 98.3 Å². The largest absolute Gasteiger partial charge is 0.0776 e. The summed E-state index contributed by atoms with van der Waals surface area (Å²) >= 11 is 0. The van der Waals surface area contributed by atoms with E-state index in [0.717, 1.165) is 12.8 Å². The molecule has 0 bridgehead atoms. The molecule has 8 aromatic carbocycles. The van der Waals surface area contributed by atoms with Crippen molar-refractivity contribution in [1.29, 1.82) is 0 Å². The van der Waals surface area contributed by atoms with Crippen molar-refractivity contribution < 1.29 is 0 Å². The fourth-order valence-corrected chi connectivity index (χ4v) is 6.48. The Kier molecular flexibility index (Phi) is 17.3. The maximum absolute atomic E-state index is 2.35. The van der Waals surface area contributed by atoms with Gasteiger partial charge in [0.15, 0.2) is 0 Å². The van der Waals surface area contributed by atoms with Gasteiger partial charge in [0.2, 0.25) is 0 Å². The van der Waals surface area contributed by atoms with Crippen molar-refractivity contribution in [3.8, 4) is 22.3 Å². The lowest BCUT2D eigenvalue weighted by Gasteiger charge is -2.11. The van der Waals surface area contributed by atoms with Crippen LogP contribution in [0.15, 0.2) is 212 Å². The second-order valence-electron chi connectivity index (χ2n) is 13.0. The molecule has 0 nitrogen and oxygen atoms in total. The van der Waals surface area contributed by atoms with E-state index in [9.17, 15) is 0 Å². The van der Waals surface area contributed by atoms with E-state index >= 15 is 0 Å². The van der Waals surface area contributed by atoms with Crippen LogP contribution in [-0.2, 0) is 12.8 Å². The third-order valence-corrected chi connectivity index (χ3v) is 9.32. The zero-order valence-electron chi connectivity index (χ0n) is 33.1. The molecule has 282 valence electrons. The topological polar surface area (TPSA) is 0 Å². The molecule has 0 aromatic heterocycles. The predicted octanol–water partition coefficient (Wildman–Crippen LogP) is 16.1. The summed E-state index contributed by atoms with van der Waals surface area (Å²) in [7, 11) is 0. The smallest absolute Gasteiger partial charge is 0.00258 e. The average Bonchev–Trinajstić information content (AvgIpc) is 3.27. The molecule has 0 saturated heterocycles. The van der Waals surface area contributed by atoms with Gasteiger partial charge in [-0.2, -0.15) is 0 Å². The van der Waals surface area contributed by atoms with E-state index < -0.39 is 0 Å². The summed E-state index contributed by atoms with van der Waals surface area (Å²) in [6.07, 6.45) is 4.21. The Balaban J connectivity index is 0.000000513. The quantitative estimate of drug-likeness (QED) is 0.146. The molecule has 0 N–H and O–H groups in total. The highest BCUT2D eigenvalue weighted by Crippen LogP contribution is 2.31. The fraction of sp³-hybridized carbons (Fsp3) is 0.143. The predicted molar refractivity (Wildman–Crippen MR) is 248 cm³/mol. The molecule has 8 aromatic rings. The minimum atomic E-state index is 0. The second-order valence-corrected chi connectivity index (χ2v) is 13.0. The zero-order chi connectivity index (χ0) is 38.7. The Morgan fingerprint density at radius 2 is 0.768 bits per heavy atom. The van der Waals surface area contributed by atoms with Gasteiger partial charge in [0.25, 0.3) is 0 Å². The molecule has 0 heterocycles. The van der Waals surface area contributed by atoms with Gasteiger partial charge in [0.1, 0.15) is 0 Å². The second kappa shape index (κ2) is 22.9. The minimum Gasteiger partial charge on any atom is -0.0776 e. The Hall–Kier alpha value is -6.24. The molecular weight excluding hydrogens is 673 g/mol. The van der Waals surface area contributed by atoms with Crippen LogP contribution in [-0.4, -0.2) is 0 Å². The first-order chi connectivity index (χ1) is 27.2. The van der Waals surface area contributed by atoms with Gasteiger partial charge in [0, 0.05) is 0 Å². The Labute approximate surface area is 337 Å². The molecule has 0 atom stereocenters. The average molecular weight is 731 g/mol. The van der Waals surface area contributed by atoms with Crippen molar-refractivity contribution in [3.05, 3.63) is 246 Å². The lowest BCUT2D eigenvalue weighted by atomic mass is 9.93. The Morgan fingerprint density at radius 3 is 1.25 bits per heavy atom. The molecule has 0 aliphatic rings. The molecule has 0 aliphatic carbocycles. The molecule has 0 heteroatoms. The molecule has 0 saturated carbocycles. The van der Waals surface area contributed by atoms with Crippen LogP contribution in [0.2, 0.25) is 0 Å². The van der Waals surface area contributed by atoms with Gasteiger partial charge < -0.3 is 0 Å². The molecule has 0 radical (unpaired) electrons. The van der Waals surface area contributed by atoms with Crippen molar-refractivity contribution in [1.82, 2.24) is 0 Å². The summed E-state index contributed by atoms with van der Waals surface area (Å²) in [5.41, 5.74) is 14.0. The molecule has 0 amide bonds. The summed E-state index contributed by atoms with van der Waals surface area (Å²) in [5.74, 6) is 0. The van der Waals surface area contributed by atoms with Gasteiger partial charge in [-0.25, -0.2) is 0 Å². The maximum atomic E-state index is 2.35. The number of fused-ring (bicyclic) bond motifs is 1. The Morgan fingerprint density at radius 1 is 0.375 bits per heavy atom. The number of hydrogen-bond acceptors (Lipinski definition) is 0. The van der Waals surface area contributed by atoms with E-state index in [2.05, 4.69) is 201 Å². The number of aryl methyl sites for hydroxylation is 1. The monoisotopic (exact) mass is 730 g/mol. The van der Waals surface area contributed by atoms with Crippen LogP contribution in [0.3, 0.4) is 0 Å². The zero-order valence-corrected chi connectivity index (χ0v) is 33.1. The first-order valence-electron chi connectivity index (χ1n) is 19.8. The van der Waals surface area contributed by atoms with Gasteiger partial charge in [-0.1, -0.05) is 241 Å². The van der Waals surface area contributed by atoms with Crippen molar-refractivity contribution in [3.63, 3.8) is 0 Å². The summed E-state index contributed by atoms with van der Waals surface area (Å²) < 4.78 is 0. The normalized spacial score (nSPS) is 10.3. The molecule has 8 rings (SSSR count). The van der Waals surface area contributed by atoms with Gasteiger partial charge in [-0.3, -0.25) is 0 Å². The molecule has 0 unspecified atom stereocenters. The van der Waals surface area contributed by atoms with Crippen LogP contribution in [0.4, 0.5) is 0 Å². The Bertz CT molecular complexity index is 2300.